The van der Waals surface area contributed by atoms with Crippen molar-refractivity contribution in [3.05, 3.63) is 69.9 Å². The van der Waals surface area contributed by atoms with Crippen molar-refractivity contribution in [3.8, 4) is 6.07 Å². The third-order valence-corrected chi connectivity index (χ3v) is 8.00. The maximum Gasteiger partial charge on any atom is 0.286 e. The molecule has 2 heterocycles. The third-order valence-electron chi connectivity index (χ3n) is 5.05. The molecule has 32 heavy (non-hydrogen) atoms. The minimum atomic E-state index is -3.77. The highest BCUT2D eigenvalue weighted by atomic mass is 32.2. The normalized spacial score (nSPS) is 16.9. The number of aromatic nitrogens is 2. The molecule has 3 aromatic rings. The van der Waals surface area contributed by atoms with Gasteiger partial charge in [0.05, 0.1) is 16.5 Å². The standard InChI is InChI=1S/C21H18FN5O3S2/c22-16-6-2-7-17(11-16)24-19(28)21-26-25-20(31-21)15-5-3-9-27(13-15)32(29,30)18-8-1-4-14(10-18)12-23/h1-2,4,6-8,10-11,15H,3,5,9,13H2,(H,24,28)/t15-/m0/s1. The highest BCUT2D eigenvalue weighted by molar-refractivity contribution is 7.89. The van der Waals surface area contributed by atoms with Crippen LogP contribution in [0.25, 0.3) is 0 Å². The zero-order valence-corrected chi connectivity index (χ0v) is 18.4. The van der Waals surface area contributed by atoms with Gasteiger partial charge in [-0.2, -0.15) is 9.57 Å². The van der Waals surface area contributed by atoms with E-state index in [0.29, 0.717) is 30.1 Å². The fourth-order valence-corrected chi connectivity index (χ4v) is 5.91. The monoisotopic (exact) mass is 471 g/mol. The molecule has 8 nitrogen and oxygen atoms in total. The Kier molecular flexibility index (Phi) is 6.27. The van der Waals surface area contributed by atoms with Crippen molar-refractivity contribution in [2.24, 2.45) is 0 Å². The van der Waals surface area contributed by atoms with Gasteiger partial charge in [0.1, 0.15) is 10.8 Å². The van der Waals surface area contributed by atoms with Crippen LogP contribution in [0, 0.1) is 17.1 Å². The number of piperidine rings is 1. The first-order valence-corrected chi connectivity index (χ1v) is 12.0. The van der Waals surface area contributed by atoms with Crippen molar-refractivity contribution < 1.29 is 17.6 Å². The number of sulfonamides is 1. The van der Waals surface area contributed by atoms with E-state index in [2.05, 4.69) is 15.5 Å². The first kappa shape index (κ1) is 22.0. The molecule has 0 aliphatic carbocycles. The summed E-state index contributed by atoms with van der Waals surface area (Å²) in [6.45, 7) is 0.570. The average Bonchev–Trinajstić information content (AvgIpc) is 3.30. The van der Waals surface area contributed by atoms with Crippen molar-refractivity contribution in [1.82, 2.24) is 14.5 Å². The van der Waals surface area contributed by atoms with Crippen LogP contribution in [0.5, 0.6) is 0 Å². The number of halogens is 1. The van der Waals surface area contributed by atoms with Crippen LogP contribution in [0.3, 0.4) is 0 Å². The van der Waals surface area contributed by atoms with Crippen LogP contribution in [0.4, 0.5) is 10.1 Å². The van der Waals surface area contributed by atoms with Gasteiger partial charge < -0.3 is 5.32 Å². The average molecular weight is 472 g/mol. The summed E-state index contributed by atoms with van der Waals surface area (Å²) < 4.78 is 40.8. The highest BCUT2D eigenvalue weighted by Crippen LogP contribution is 2.32. The smallest absolute Gasteiger partial charge is 0.286 e. The Morgan fingerprint density at radius 3 is 2.81 bits per heavy atom. The summed E-state index contributed by atoms with van der Waals surface area (Å²) in [6, 6.07) is 13.4. The molecule has 1 amide bonds. The molecule has 0 unspecified atom stereocenters. The number of hydrogen-bond donors (Lipinski definition) is 1. The van der Waals surface area contributed by atoms with E-state index in [-0.39, 0.29) is 27.9 Å². The number of nitrogens with zero attached hydrogens (tertiary/aromatic N) is 4. The maximum absolute atomic E-state index is 13.3. The molecule has 1 fully saturated rings. The maximum atomic E-state index is 13.3. The van der Waals surface area contributed by atoms with Gasteiger partial charge >= 0.3 is 0 Å². The number of carbonyl (C=O) groups excluding carboxylic acids is 1. The van der Waals surface area contributed by atoms with E-state index >= 15 is 0 Å². The molecule has 1 saturated heterocycles. The summed E-state index contributed by atoms with van der Waals surface area (Å²) >= 11 is 1.09. The van der Waals surface area contributed by atoms with E-state index in [4.69, 9.17) is 5.26 Å². The quantitative estimate of drug-likeness (QED) is 0.610. The fraction of sp³-hybridized carbons (Fsp3) is 0.238. The largest absolute Gasteiger partial charge is 0.320 e. The van der Waals surface area contributed by atoms with Crippen LogP contribution >= 0.6 is 11.3 Å². The number of amides is 1. The lowest BCUT2D eigenvalue weighted by Crippen LogP contribution is -2.39. The number of anilines is 1. The minimum Gasteiger partial charge on any atom is -0.320 e. The number of nitrogens with one attached hydrogen (secondary N) is 1. The van der Waals surface area contributed by atoms with Gasteiger partial charge in [-0.05, 0) is 49.2 Å². The molecule has 1 atom stereocenters. The van der Waals surface area contributed by atoms with E-state index in [0.717, 1.165) is 11.3 Å². The molecule has 0 saturated carbocycles. The molecule has 164 valence electrons. The van der Waals surface area contributed by atoms with Crippen molar-refractivity contribution in [2.75, 3.05) is 18.4 Å². The van der Waals surface area contributed by atoms with Crippen LogP contribution in [-0.2, 0) is 10.0 Å². The molecule has 11 heteroatoms. The van der Waals surface area contributed by atoms with E-state index in [1.165, 1.54) is 34.6 Å². The topological polar surface area (TPSA) is 116 Å². The molecular weight excluding hydrogens is 453 g/mol. The Morgan fingerprint density at radius 1 is 1.22 bits per heavy atom. The van der Waals surface area contributed by atoms with E-state index < -0.39 is 21.7 Å². The van der Waals surface area contributed by atoms with Gasteiger partial charge in [0.15, 0.2) is 0 Å². The van der Waals surface area contributed by atoms with Gasteiger partial charge in [0, 0.05) is 24.7 Å². The molecule has 1 N–H and O–H groups in total. The van der Waals surface area contributed by atoms with E-state index in [9.17, 15) is 17.6 Å². The molecule has 1 aromatic heterocycles. The third kappa shape index (κ3) is 4.67. The SMILES string of the molecule is N#Cc1cccc(S(=O)(=O)N2CCC[C@H](c3nnc(C(=O)Nc4cccc(F)c4)s3)C2)c1. The second-order valence-corrected chi connectivity index (χ2v) is 10.2. The predicted octanol–water partition coefficient (Wildman–Crippen LogP) is 3.37. The van der Waals surface area contributed by atoms with Crippen LogP contribution in [0.15, 0.2) is 53.4 Å². The molecule has 0 bridgehead atoms. The Bertz CT molecular complexity index is 1300. The lowest BCUT2D eigenvalue weighted by molar-refractivity contribution is 0.102. The number of hydrogen-bond acceptors (Lipinski definition) is 7. The number of benzene rings is 2. The second kappa shape index (κ2) is 9.12. The molecule has 0 spiro atoms. The lowest BCUT2D eigenvalue weighted by atomic mass is 10.0. The summed E-state index contributed by atoms with van der Waals surface area (Å²) in [5.41, 5.74) is 0.582. The molecule has 2 aromatic carbocycles. The van der Waals surface area contributed by atoms with Crippen molar-refractivity contribution >= 4 is 33.0 Å². The molecule has 0 radical (unpaired) electrons. The number of nitriles is 1. The minimum absolute atomic E-state index is 0.0737. The second-order valence-electron chi connectivity index (χ2n) is 7.25. The first-order chi connectivity index (χ1) is 15.4. The van der Waals surface area contributed by atoms with E-state index in [1.807, 2.05) is 6.07 Å². The van der Waals surface area contributed by atoms with Gasteiger partial charge in [-0.25, -0.2) is 12.8 Å². The Labute approximate surface area is 188 Å². The van der Waals surface area contributed by atoms with Crippen molar-refractivity contribution in [3.63, 3.8) is 0 Å². The lowest BCUT2D eigenvalue weighted by Gasteiger charge is -2.30. The predicted molar refractivity (Wildman–Crippen MR) is 116 cm³/mol. The number of carbonyl (C=O) groups is 1. The van der Waals surface area contributed by atoms with Gasteiger partial charge in [0.25, 0.3) is 5.91 Å². The van der Waals surface area contributed by atoms with Crippen molar-refractivity contribution in [2.45, 2.75) is 23.7 Å². The van der Waals surface area contributed by atoms with Crippen LogP contribution in [0.1, 0.15) is 39.1 Å². The summed E-state index contributed by atoms with van der Waals surface area (Å²) in [4.78, 5) is 12.5. The van der Waals surface area contributed by atoms with Crippen LogP contribution in [-0.4, -0.2) is 41.9 Å². The summed E-state index contributed by atoms with van der Waals surface area (Å²) in [7, 11) is -3.77. The molecule has 4 rings (SSSR count). The van der Waals surface area contributed by atoms with Crippen molar-refractivity contribution in [1.29, 1.82) is 5.26 Å². The zero-order valence-electron chi connectivity index (χ0n) is 16.7. The zero-order chi connectivity index (χ0) is 22.7. The van der Waals surface area contributed by atoms with Crippen LogP contribution < -0.4 is 5.32 Å². The van der Waals surface area contributed by atoms with Crippen LogP contribution in [0.2, 0.25) is 0 Å². The van der Waals surface area contributed by atoms with Gasteiger partial charge in [-0.1, -0.05) is 23.5 Å². The summed E-state index contributed by atoms with van der Waals surface area (Å²) in [6.07, 6.45) is 1.34. The van der Waals surface area contributed by atoms with E-state index in [1.54, 1.807) is 18.2 Å². The summed E-state index contributed by atoms with van der Waals surface area (Å²) in [5.74, 6) is -1.18. The highest BCUT2D eigenvalue weighted by Gasteiger charge is 2.33. The molecular formula is C21H18FN5O3S2. The fourth-order valence-electron chi connectivity index (χ4n) is 3.48. The Balaban J connectivity index is 1.48. The summed E-state index contributed by atoms with van der Waals surface area (Å²) in [5, 5.41) is 20.4. The Morgan fingerprint density at radius 2 is 2.03 bits per heavy atom. The van der Waals surface area contributed by atoms with Gasteiger partial charge in [-0.3, -0.25) is 4.79 Å². The molecule has 1 aliphatic heterocycles. The van der Waals surface area contributed by atoms with Gasteiger partial charge in [0.2, 0.25) is 15.0 Å². The first-order valence-electron chi connectivity index (χ1n) is 9.77. The molecule has 1 aliphatic rings. The number of rotatable bonds is 5. The Hall–Kier alpha value is -3.20. The van der Waals surface area contributed by atoms with Gasteiger partial charge in [-0.15, -0.1) is 10.2 Å².